The number of ether oxygens (including phenoxy) is 1. The number of nitrogens with zero attached hydrogens (tertiary/aromatic N) is 2. The van der Waals surface area contributed by atoms with E-state index >= 15 is 4.39 Å². The Kier molecular flexibility index (Phi) is 5.02. The molecule has 2 heterocycles. The molecule has 0 unspecified atom stereocenters. The van der Waals surface area contributed by atoms with Gasteiger partial charge in [0.2, 0.25) is 10.0 Å². The maximum atomic E-state index is 15.1. The van der Waals surface area contributed by atoms with Gasteiger partial charge in [-0.1, -0.05) is 6.07 Å². The third-order valence-corrected chi connectivity index (χ3v) is 6.87. The van der Waals surface area contributed by atoms with Gasteiger partial charge in [0.15, 0.2) is 5.67 Å². The van der Waals surface area contributed by atoms with E-state index in [1.165, 1.54) is 23.5 Å². The topological polar surface area (TPSA) is 66.9 Å². The molecule has 3 rings (SSSR count). The number of sulfonamides is 1. The molecule has 1 aromatic rings. The number of carbonyl (C=O) groups is 1. The summed E-state index contributed by atoms with van der Waals surface area (Å²) < 4.78 is 46.9. The Labute approximate surface area is 147 Å². The summed E-state index contributed by atoms with van der Waals surface area (Å²) in [5.41, 5.74) is -1.95. The Bertz CT molecular complexity index is 739. The molecule has 0 aliphatic carbocycles. The first-order valence-electron chi connectivity index (χ1n) is 8.49. The summed E-state index contributed by atoms with van der Waals surface area (Å²) in [4.78, 5) is 14.1. The normalized spacial score (nSPS) is 21.3. The molecule has 2 fully saturated rings. The van der Waals surface area contributed by atoms with Gasteiger partial charge in [-0.3, -0.25) is 4.79 Å². The zero-order chi connectivity index (χ0) is 18.1. The smallest absolute Gasteiger partial charge is 0.260 e. The molecular formula is C17H23FN2O4S. The number of amides is 1. The predicted octanol–water partition coefficient (Wildman–Crippen LogP) is 1.81. The van der Waals surface area contributed by atoms with Gasteiger partial charge in [0.1, 0.15) is 5.75 Å². The van der Waals surface area contributed by atoms with Crippen LogP contribution >= 0.6 is 0 Å². The number of hydrogen-bond acceptors (Lipinski definition) is 4. The fraction of sp³-hybridized carbons (Fsp3) is 0.588. The minimum atomic E-state index is -3.73. The number of hydrogen-bond donors (Lipinski definition) is 0. The van der Waals surface area contributed by atoms with E-state index in [4.69, 9.17) is 4.74 Å². The van der Waals surface area contributed by atoms with Crippen LogP contribution in [0.15, 0.2) is 29.2 Å². The molecule has 0 saturated carbocycles. The third-order valence-electron chi connectivity index (χ3n) is 4.97. The van der Waals surface area contributed by atoms with E-state index < -0.39 is 21.6 Å². The van der Waals surface area contributed by atoms with E-state index in [0.29, 0.717) is 18.8 Å². The molecule has 0 radical (unpaired) electrons. The fourth-order valence-electron chi connectivity index (χ4n) is 3.41. The summed E-state index contributed by atoms with van der Waals surface area (Å²) in [6.45, 7) is 1.18. The predicted molar refractivity (Wildman–Crippen MR) is 90.6 cm³/mol. The Morgan fingerprint density at radius 3 is 2.40 bits per heavy atom. The number of halogens is 1. The van der Waals surface area contributed by atoms with Crippen LogP contribution in [-0.2, 0) is 14.8 Å². The van der Waals surface area contributed by atoms with Crippen molar-refractivity contribution >= 4 is 15.9 Å². The zero-order valence-corrected chi connectivity index (χ0v) is 15.1. The largest absolute Gasteiger partial charge is 0.497 e. The van der Waals surface area contributed by atoms with Crippen LogP contribution in [0.1, 0.15) is 25.7 Å². The minimum absolute atomic E-state index is 0.00434. The number of benzene rings is 1. The highest BCUT2D eigenvalue weighted by molar-refractivity contribution is 7.89. The van der Waals surface area contributed by atoms with Crippen molar-refractivity contribution in [3.05, 3.63) is 24.3 Å². The van der Waals surface area contributed by atoms with E-state index in [9.17, 15) is 13.2 Å². The molecule has 0 bridgehead atoms. The highest BCUT2D eigenvalue weighted by Crippen LogP contribution is 2.33. The van der Waals surface area contributed by atoms with Crippen LogP contribution in [0.25, 0.3) is 0 Å². The van der Waals surface area contributed by atoms with Gasteiger partial charge in [-0.05, 0) is 25.0 Å². The van der Waals surface area contributed by atoms with Crippen LogP contribution in [-0.4, -0.2) is 62.5 Å². The molecule has 25 heavy (non-hydrogen) atoms. The van der Waals surface area contributed by atoms with Crippen LogP contribution in [0, 0.1) is 0 Å². The van der Waals surface area contributed by atoms with Gasteiger partial charge in [-0.25, -0.2) is 12.8 Å². The highest BCUT2D eigenvalue weighted by Gasteiger charge is 2.46. The van der Waals surface area contributed by atoms with E-state index in [0.717, 1.165) is 12.8 Å². The average Bonchev–Trinajstić information content (AvgIpc) is 3.16. The van der Waals surface area contributed by atoms with Crippen molar-refractivity contribution in [2.24, 2.45) is 0 Å². The summed E-state index contributed by atoms with van der Waals surface area (Å²) in [6.07, 6.45) is 1.59. The minimum Gasteiger partial charge on any atom is -0.497 e. The van der Waals surface area contributed by atoms with Crippen molar-refractivity contribution in [1.82, 2.24) is 9.21 Å². The Morgan fingerprint density at radius 1 is 1.16 bits per heavy atom. The number of rotatable bonds is 4. The van der Waals surface area contributed by atoms with Crippen LogP contribution in [0.4, 0.5) is 4.39 Å². The second-order valence-electron chi connectivity index (χ2n) is 6.55. The van der Waals surface area contributed by atoms with Gasteiger partial charge < -0.3 is 9.64 Å². The quantitative estimate of drug-likeness (QED) is 0.811. The van der Waals surface area contributed by atoms with Crippen molar-refractivity contribution < 1.29 is 22.3 Å². The Balaban J connectivity index is 1.71. The SMILES string of the molecule is COc1cccc(S(=O)(=O)N2CCC(F)(C(=O)N3CCCC3)CC2)c1. The number of alkyl halides is 1. The maximum Gasteiger partial charge on any atom is 0.260 e. The van der Waals surface area contributed by atoms with Gasteiger partial charge in [0.25, 0.3) is 5.91 Å². The van der Waals surface area contributed by atoms with Crippen molar-refractivity contribution in [3.63, 3.8) is 0 Å². The second-order valence-corrected chi connectivity index (χ2v) is 8.49. The van der Waals surface area contributed by atoms with Crippen LogP contribution < -0.4 is 4.74 Å². The lowest BCUT2D eigenvalue weighted by molar-refractivity contribution is -0.145. The number of carbonyl (C=O) groups excluding carboxylic acids is 1. The maximum absolute atomic E-state index is 15.1. The lowest BCUT2D eigenvalue weighted by Crippen LogP contribution is -2.52. The highest BCUT2D eigenvalue weighted by atomic mass is 32.2. The summed E-state index contributed by atoms with van der Waals surface area (Å²) in [5.74, 6) is -0.0365. The van der Waals surface area contributed by atoms with Crippen LogP contribution in [0.5, 0.6) is 5.75 Å². The van der Waals surface area contributed by atoms with Crippen molar-refractivity contribution in [3.8, 4) is 5.75 Å². The molecule has 2 aliphatic rings. The van der Waals surface area contributed by atoms with Gasteiger partial charge in [0, 0.05) is 45.1 Å². The molecule has 6 nitrogen and oxygen atoms in total. The van der Waals surface area contributed by atoms with E-state index in [-0.39, 0.29) is 30.8 Å². The lowest BCUT2D eigenvalue weighted by atomic mass is 9.93. The number of likely N-dealkylation sites (tertiary alicyclic amines) is 1. The molecule has 0 N–H and O–H groups in total. The summed E-state index contributed by atoms with van der Waals surface area (Å²) in [7, 11) is -2.26. The molecule has 138 valence electrons. The molecule has 2 saturated heterocycles. The van der Waals surface area contributed by atoms with Gasteiger partial charge >= 0.3 is 0 Å². The van der Waals surface area contributed by atoms with Gasteiger partial charge in [-0.15, -0.1) is 0 Å². The van der Waals surface area contributed by atoms with Crippen LogP contribution in [0.3, 0.4) is 0 Å². The van der Waals surface area contributed by atoms with Crippen molar-refractivity contribution in [2.75, 3.05) is 33.3 Å². The van der Waals surface area contributed by atoms with E-state index in [2.05, 4.69) is 0 Å². The van der Waals surface area contributed by atoms with Crippen molar-refractivity contribution in [1.29, 1.82) is 0 Å². The van der Waals surface area contributed by atoms with Gasteiger partial charge in [0.05, 0.1) is 12.0 Å². The molecule has 1 aromatic carbocycles. The first kappa shape index (κ1) is 18.1. The molecule has 0 aromatic heterocycles. The summed E-state index contributed by atoms with van der Waals surface area (Å²) in [5, 5.41) is 0. The molecule has 8 heteroatoms. The third kappa shape index (κ3) is 3.50. The monoisotopic (exact) mass is 370 g/mol. The lowest BCUT2D eigenvalue weighted by Gasteiger charge is -2.36. The fourth-order valence-corrected chi connectivity index (χ4v) is 4.89. The first-order valence-corrected chi connectivity index (χ1v) is 9.93. The molecular weight excluding hydrogens is 347 g/mol. The summed E-state index contributed by atoms with van der Waals surface area (Å²) in [6, 6.07) is 6.20. The van der Waals surface area contributed by atoms with E-state index in [1.807, 2.05) is 0 Å². The Hall–Kier alpha value is -1.67. The molecule has 0 atom stereocenters. The van der Waals surface area contributed by atoms with E-state index in [1.54, 1.807) is 17.0 Å². The average molecular weight is 370 g/mol. The standard InChI is InChI=1S/C17H23FN2O4S/c1-24-14-5-4-6-15(13-14)25(22,23)20-11-7-17(18,8-12-20)16(21)19-9-2-3-10-19/h4-6,13H,2-3,7-12H2,1H3. The molecule has 0 spiro atoms. The molecule has 1 amide bonds. The number of methoxy groups -OCH3 is 1. The number of piperidine rings is 1. The van der Waals surface area contributed by atoms with Crippen LogP contribution in [0.2, 0.25) is 0 Å². The first-order chi connectivity index (χ1) is 11.9. The zero-order valence-electron chi connectivity index (χ0n) is 14.3. The second kappa shape index (κ2) is 6.92. The molecule has 2 aliphatic heterocycles. The summed E-state index contributed by atoms with van der Waals surface area (Å²) >= 11 is 0. The van der Waals surface area contributed by atoms with Gasteiger partial charge in [-0.2, -0.15) is 4.31 Å². The van der Waals surface area contributed by atoms with Crippen molar-refractivity contribution in [2.45, 2.75) is 36.2 Å². The Morgan fingerprint density at radius 2 is 1.80 bits per heavy atom.